The van der Waals surface area contributed by atoms with Gasteiger partial charge in [0.05, 0.1) is 5.60 Å². The summed E-state index contributed by atoms with van der Waals surface area (Å²) in [5.41, 5.74) is 1.08. The van der Waals surface area contributed by atoms with Crippen LogP contribution in [0.25, 0.3) is 0 Å². The first-order valence-electron chi connectivity index (χ1n) is 6.79. The Bertz CT molecular complexity index is 343. The van der Waals surface area contributed by atoms with Crippen LogP contribution in [0, 0.1) is 29.1 Å². The molecule has 3 rings (SSSR count). The topological polar surface area (TPSA) is 20.2 Å². The van der Waals surface area contributed by atoms with E-state index in [1.165, 1.54) is 12.8 Å². The van der Waals surface area contributed by atoms with Gasteiger partial charge < -0.3 is 5.11 Å². The molecule has 2 unspecified atom stereocenters. The Morgan fingerprint density at radius 2 is 1.94 bits per heavy atom. The van der Waals surface area contributed by atoms with Crippen molar-refractivity contribution < 1.29 is 5.11 Å². The smallest absolute Gasteiger partial charge is 0.0887 e. The fourth-order valence-electron chi connectivity index (χ4n) is 4.93. The van der Waals surface area contributed by atoms with E-state index in [4.69, 9.17) is 0 Å². The van der Waals surface area contributed by atoms with E-state index in [0.29, 0.717) is 17.3 Å². The van der Waals surface area contributed by atoms with Gasteiger partial charge >= 0.3 is 0 Å². The average molecular weight is 220 g/mol. The molecule has 16 heavy (non-hydrogen) atoms. The Morgan fingerprint density at radius 1 is 1.25 bits per heavy atom. The predicted molar refractivity (Wildman–Crippen MR) is 66.0 cm³/mol. The molecule has 0 aromatic carbocycles. The lowest BCUT2D eigenvalue weighted by molar-refractivity contribution is 0.0137. The molecular formula is C15H24O. The highest BCUT2D eigenvalue weighted by Crippen LogP contribution is 2.71. The van der Waals surface area contributed by atoms with Crippen molar-refractivity contribution in [1.82, 2.24) is 0 Å². The largest absolute Gasteiger partial charge is 0.385 e. The fourth-order valence-corrected chi connectivity index (χ4v) is 4.93. The minimum Gasteiger partial charge on any atom is -0.385 e. The number of hydrogen-bond acceptors (Lipinski definition) is 1. The molecule has 90 valence electrons. The minimum atomic E-state index is -0.521. The van der Waals surface area contributed by atoms with E-state index in [0.717, 1.165) is 30.3 Å². The van der Waals surface area contributed by atoms with Crippen molar-refractivity contribution in [2.24, 2.45) is 29.1 Å². The number of hydrogen-bond donors (Lipinski definition) is 1. The Morgan fingerprint density at radius 3 is 2.62 bits per heavy atom. The molecule has 1 N–H and O–H groups in total. The van der Waals surface area contributed by atoms with Gasteiger partial charge in [-0.05, 0) is 60.3 Å². The molecule has 3 aliphatic rings. The van der Waals surface area contributed by atoms with Gasteiger partial charge in [-0.1, -0.05) is 27.4 Å². The second kappa shape index (κ2) is 2.93. The molecule has 1 nitrogen and oxygen atoms in total. The van der Waals surface area contributed by atoms with E-state index >= 15 is 0 Å². The van der Waals surface area contributed by atoms with Crippen molar-refractivity contribution >= 4 is 0 Å². The van der Waals surface area contributed by atoms with Crippen LogP contribution in [0.2, 0.25) is 0 Å². The Hall–Kier alpha value is -0.300. The van der Waals surface area contributed by atoms with Crippen LogP contribution in [0.15, 0.2) is 12.2 Å². The van der Waals surface area contributed by atoms with Gasteiger partial charge in [0.15, 0.2) is 0 Å². The van der Waals surface area contributed by atoms with Crippen LogP contribution >= 0.6 is 0 Å². The van der Waals surface area contributed by atoms with Crippen LogP contribution in [0.5, 0.6) is 0 Å². The standard InChI is InChI=1S/C15H24O/c1-9-7-8-15(16)10(2)5-6-11-13(12(9)15)14(11,3)4/h9,11-13,16H,2,5-8H2,1,3-4H3/t9-,11?,12+,13?,15+/m1/s1. The first kappa shape index (κ1) is 10.8. The molecule has 0 aromatic heterocycles. The molecular weight excluding hydrogens is 196 g/mol. The molecule has 0 saturated heterocycles. The minimum absolute atomic E-state index is 0.470. The predicted octanol–water partition coefficient (Wildman–Crippen LogP) is 3.39. The maximum Gasteiger partial charge on any atom is 0.0887 e. The number of fused-ring (bicyclic) bond motifs is 3. The summed E-state index contributed by atoms with van der Waals surface area (Å²) in [4.78, 5) is 0. The lowest BCUT2D eigenvalue weighted by Gasteiger charge is -2.34. The third kappa shape index (κ3) is 1.11. The van der Waals surface area contributed by atoms with E-state index in [2.05, 4.69) is 27.4 Å². The Balaban J connectivity index is 2.01. The first-order chi connectivity index (χ1) is 7.39. The van der Waals surface area contributed by atoms with Gasteiger partial charge in [0, 0.05) is 0 Å². The quantitative estimate of drug-likeness (QED) is 0.620. The monoisotopic (exact) mass is 220 g/mol. The van der Waals surface area contributed by atoms with Gasteiger partial charge in [-0.3, -0.25) is 0 Å². The maximum atomic E-state index is 11.0. The Kier molecular flexibility index (Phi) is 1.98. The zero-order chi connectivity index (χ0) is 11.7. The highest BCUT2D eigenvalue weighted by molar-refractivity contribution is 5.27. The van der Waals surface area contributed by atoms with Crippen molar-refractivity contribution in [3.63, 3.8) is 0 Å². The van der Waals surface area contributed by atoms with E-state index in [1.54, 1.807) is 0 Å². The molecule has 0 radical (unpaired) electrons. The second-order valence-electron chi connectivity index (χ2n) is 7.06. The van der Waals surface area contributed by atoms with Gasteiger partial charge in [-0.25, -0.2) is 0 Å². The number of rotatable bonds is 0. The van der Waals surface area contributed by atoms with Crippen molar-refractivity contribution in [2.75, 3.05) is 0 Å². The van der Waals surface area contributed by atoms with Crippen molar-refractivity contribution in [1.29, 1.82) is 0 Å². The molecule has 0 spiro atoms. The summed E-state index contributed by atoms with van der Waals surface area (Å²) in [5, 5.41) is 11.0. The summed E-state index contributed by atoms with van der Waals surface area (Å²) in [6.07, 6.45) is 4.43. The molecule has 5 atom stereocenters. The fraction of sp³-hybridized carbons (Fsp3) is 0.867. The van der Waals surface area contributed by atoms with E-state index < -0.39 is 5.60 Å². The van der Waals surface area contributed by atoms with Crippen LogP contribution in [-0.4, -0.2) is 10.7 Å². The maximum absolute atomic E-state index is 11.0. The van der Waals surface area contributed by atoms with Crippen molar-refractivity contribution in [3.05, 3.63) is 12.2 Å². The highest BCUT2D eigenvalue weighted by Gasteiger charge is 2.68. The highest BCUT2D eigenvalue weighted by atomic mass is 16.3. The van der Waals surface area contributed by atoms with Crippen LogP contribution in [-0.2, 0) is 0 Å². The van der Waals surface area contributed by atoms with Gasteiger partial charge in [0.2, 0.25) is 0 Å². The summed E-state index contributed by atoms with van der Waals surface area (Å²) in [5.74, 6) is 2.75. The van der Waals surface area contributed by atoms with Crippen LogP contribution < -0.4 is 0 Å². The third-order valence-corrected chi connectivity index (χ3v) is 6.04. The Labute approximate surface area is 98.9 Å². The van der Waals surface area contributed by atoms with Gasteiger partial charge in [0.25, 0.3) is 0 Å². The van der Waals surface area contributed by atoms with E-state index in [1.807, 2.05) is 0 Å². The SMILES string of the molecule is C=C1CCC2C([C@@H]3[C@H](C)CC[C@]13O)C2(C)C. The molecule has 0 bridgehead atoms. The van der Waals surface area contributed by atoms with Gasteiger partial charge in [-0.15, -0.1) is 0 Å². The molecule has 1 heteroatoms. The normalized spacial score (nSPS) is 54.1. The lowest BCUT2D eigenvalue weighted by Crippen LogP contribution is -2.38. The average Bonchev–Trinajstić information content (AvgIpc) is 2.64. The van der Waals surface area contributed by atoms with E-state index in [-0.39, 0.29) is 0 Å². The molecule has 0 aromatic rings. The zero-order valence-electron chi connectivity index (χ0n) is 10.8. The molecule has 0 aliphatic heterocycles. The van der Waals surface area contributed by atoms with Crippen molar-refractivity contribution in [3.8, 4) is 0 Å². The lowest BCUT2D eigenvalue weighted by atomic mass is 9.76. The summed E-state index contributed by atoms with van der Waals surface area (Å²) >= 11 is 0. The molecule has 0 amide bonds. The molecule has 3 saturated carbocycles. The molecule has 3 fully saturated rings. The number of aliphatic hydroxyl groups is 1. The second-order valence-corrected chi connectivity index (χ2v) is 7.06. The summed E-state index contributed by atoms with van der Waals surface area (Å²) < 4.78 is 0. The summed E-state index contributed by atoms with van der Waals surface area (Å²) in [6.45, 7) is 11.3. The zero-order valence-corrected chi connectivity index (χ0v) is 10.8. The van der Waals surface area contributed by atoms with Gasteiger partial charge in [-0.2, -0.15) is 0 Å². The van der Waals surface area contributed by atoms with E-state index in [9.17, 15) is 5.11 Å². The van der Waals surface area contributed by atoms with Crippen molar-refractivity contribution in [2.45, 2.75) is 52.1 Å². The first-order valence-corrected chi connectivity index (χ1v) is 6.79. The van der Waals surface area contributed by atoms with Crippen LogP contribution in [0.3, 0.4) is 0 Å². The van der Waals surface area contributed by atoms with Crippen LogP contribution in [0.1, 0.15) is 46.5 Å². The van der Waals surface area contributed by atoms with Gasteiger partial charge in [0.1, 0.15) is 0 Å². The molecule has 0 heterocycles. The summed E-state index contributed by atoms with van der Waals surface area (Å²) in [7, 11) is 0. The molecule has 3 aliphatic carbocycles. The third-order valence-electron chi connectivity index (χ3n) is 6.04. The van der Waals surface area contributed by atoms with Crippen LogP contribution in [0.4, 0.5) is 0 Å². The summed E-state index contributed by atoms with van der Waals surface area (Å²) in [6, 6.07) is 0.